The van der Waals surface area contributed by atoms with E-state index in [4.69, 9.17) is 0 Å². The number of hydrogen-bond acceptors (Lipinski definition) is 4. The van der Waals surface area contributed by atoms with E-state index in [9.17, 15) is 9.18 Å². The first-order valence-corrected chi connectivity index (χ1v) is 10.6. The van der Waals surface area contributed by atoms with E-state index in [2.05, 4.69) is 14.8 Å². The molecule has 1 aromatic heterocycles. The Balaban J connectivity index is 1.69. The van der Waals surface area contributed by atoms with Gasteiger partial charge in [0.2, 0.25) is 5.91 Å². The third-order valence-electron chi connectivity index (χ3n) is 5.08. The van der Waals surface area contributed by atoms with Gasteiger partial charge in [0.1, 0.15) is 10.8 Å². The molecule has 1 aromatic carbocycles. The van der Waals surface area contributed by atoms with Gasteiger partial charge < -0.3 is 9.80 Å². The Kier molecular flexibility index (Phi) is 6.96. The number of thiazole rings is 1. The summed E-state index contributed by atoms with van der Waals surface area (Å²) in [6.07, 6.45) is 6.20. The maximum atomic E-state index is 13.4. The molecule has 6 heteroatoms. The summed E-state index contributed by atoms with van der Waals surface area (Å²) in [5.41, 5.74) is 1.53. The van der Waals surface area contributed by atoms with Gasteiger partial charge in [-0.25, -0.2) is 9.37 Å². The monoisotopic (exact) mass is 389 g/mol. The zero-order valence-electron chi connectivity index (χ0n) is 16.2. The fourth-order valence-corrected chi connectivity index (χ4v) is 4.43. The summed E-state index contributed by atoms with van der Waals surface area (Å²) >= 11 is 1.46. The van der Waals surface area contributed by atoms with Crippen LogP contribution in [0.25, 0.3) is 10.6 Å². The molecule has 4 nitrogen and oxygen atoms in total. The van der Waals surface area contributed by atoms with Crippen molar-refractivity contribution in [1.82, 2.24) is 14.8 Å². The van der Waals surface area contributed by atoms with Crippen molar-refractivity contribution in [2.45, 2.75) is 44.6 Å². The van der Waals surface area contributed by atoms with Crippen LogP contribution in [0, 0.1) is 5.82 Å². The predicted molar refractivity (Wildman–Crippen MR) is 108 cm³/mol. The number of likely N-dealkylation sites (N-methyl/N-ethyl adjacent to an activating group) is 1. The average Bonchev–Trinajstić information content (AvgIpc) is 3.11. The predicted octanol–water partition coefficient (Wildman–Crippen LogP) is 4.21. The second-order valence-corrected chi connectivity index (χ2v) is 8.37. The summed E-state index contributed by atoms with van der Waals surface area (Å²) in [6.45, 7) is 1.63. The highest BCUT2D eigenvalue weighted by molar-refractivity contribution is 7.13. The van der Waals surface area contributed by atoms with Gasteiger partial charge in [-0.3, -0.25) is 4.79 Å². The van der Waals surface area contributed by atoms with E-state index in [1.807, 2.05) is 25.5 Å². The SMILES string of the molecule is CN(C)CCN(C(=O)Cc1csc(-c2cccc(F)c2)n1)C1CCCCC1. The van der Waals surface area contributed by atoms with Gasteiger partial charge in [-0.2, -0.15) is 0 Å². The first kappa shape index (κ1) is 20.0. The summed E-state index contributed by atoms with van der Waals surface area (Å²) in [5.74, 6) is -0.118. The van der Waals surface area contributed by atoms with E-state index in [-0.39, 0.29) is 11.7 Å². The van der Waals surface area contributed by atoms with Gasteiger partial charge in [-0.15, -0.1) is 11.3 Å². The van der Waals surface area contributed by atoms with Gasteiger partial charge in [-0.1, -0.05) is 31.4 Å². The van der Waals surface area contributed by atoms with E-state index in [0.717, 1.165) is 42.2 Å². The number of halogens is 1. The number of carbonyl (C=O) groups excluding carboxylic acids is 1. The second kappa shape index (κ2) is 9.42. The highest BCUT2D eigenvalue weighted by Gasteiger charge is 2.25. The number of rotatable bonds is 7. The van der Waals surface area contributed by atoms with Crippen molar-refractivity contribution in [2.75, 3.05) is 27.2 Å². The Morgan fingerprint density at radius 1 is 1.22 bits per heavy atom. The zero-order valence-corrected chi connectivity index (χ0v) is 17.0. The molecule has 2 aromatic rings. The Morgan fingerprint density at radius 3 is 2.70 bits per heavy atom. The molecule has 0 spiro atoms. The van der Waals surface area contributed by atoms with Crippen molar-refractivity contribution < 1.29 is 9.18 Å². The summed E-state index contributed by atoms with van der Waals surface area (Å²) in [6, 6.07) is 6.79. The Hall–Kier alpha value is -1.79. The third-order valence-corrected chi connectivity index (χ3v) is 6.02. The molecule has 0 aliphatic heterocycles. The summed E-state index contributed by atoms with van der Waals surface area (Å²) in [5, 5.41) is 2.68. The van der Waals surface area contributed by atoms with Crippen LogP contribution in [-0.4, -0.2) is 53.9 Å². The Labute approximate surface area is 165 Å². The molecule has 27 heavy (non-hydrogen) atoms. The summed E-state index contributed by atoms with van der Waals surface area (Å²) in [7, 11) is 4.07. The molecule has 1 amide bonds. The number of aromatic nitrogens is 1. The van der Waals surface area contributed by atoms with Crippen LogP contribution >= 0.6 is 11.3 Å². The standard InChI is InChI=1S/C21H28FN3OS/c1-24(2)11-12-25(19-9-4-3-5-10-19)20(26)14-18-15-27-21(23-18)16-7-6-8-17(22)13-16/h6-8,13,15,19H,3-5,9-12,14H2,1-2H3. The molecule has 1 saturated carbocycles. The van der Waals surface area contributed by atoms with Crippen molar-refractivity contribution in [3.8, 4) is 10.6 Å². The van der Waals surface area contributed by atoms with E-state index < -0.39 is 0 Å². The average molecular weight is 390 g/mol. The minimum absolute atomic E-state index is 0.153. The number of benzene rings is 1. The molecular formula is C21H28FN3OS. The van der Waals surface area contributed by atoms with E-state index >= 15 is 0 Å². The van der Waals surface area contributed by atoms with Crippen molar-refractivity contribution >= 4 is 17.2 Å². The minimum Gasteiger partial charge on any atom is -0.338 e. The van der Waals surface area contributed by atoms with Gasteiger partial charge in [0, 0.05) is 30.1 Å². The van der Waals surface area contributed by atoms with Crippen molar-refractivity contribution in [2.24, 2.45) is 0 Å². The molecule has 0 radical (unpaired) electrons. The minimum atomic E-state index is -0.271. The second-order valence-electron chi connectivity index (χ2n) is 7.51. The van der Waals surface area contributed by atoms with E-state index in [1.54, 1.807) is 6.07 Å². The largest absolute Gasteiger partial charge is 0.338 e. The normalized spacial score (nSPS) is 15.3. The smallest absolute Gasteiger partial charge is 0.228 e. The maximum Gasteiger partial charge on any atom is 0.228 e. The molecule has 1 aliphatic carbocycles. The molecule has 0 atom stereocenters. The molecule has 1 aliphatic rings. The van der Waals surface area contributed by atoms with Crippen LogP contribution in [0.4, 0.5) is 4.39 Å². The lowest BCUT2D eigenvalue weighted by molar-refractivity contribution is -0.133. The van der Waals surface area contributed by atoms with E-state index in [1.165, 1.54) is 42.7 Å². The highest BCUT2D eigenvalue weighted by Crippen LogP contribution is 2.26. The van der Waals surface area contributed by atoms with Crippen molar-refractivity contribution in [1.29, 1.82) is 0 Å². The Bertz CT molecular complexity index is 755. The molecular weight excluding hydrogens is 361 g/mol. The highest BCUT2D eigenvalue weighted by atomic mass is 32.1. The molecule has 0 bridgehead atoms. The quantitative estimate of drug-likeness (QED) is 0.712. The molecule has 1 fully saturated rings. The van der Waals surface area contributed by atoms with Crippen LogP contribution in [0.1, 0.15) is 37.8 Å². The lowest BCUT2D eigenvalue weighted by Gasteiger charge is -2.35. The van der Waals surface area contributed by atoms with Crippen LogP contribution in [-0.2, 0) is 11.2 Å². The Morgan fingerprint density at radius 2 is 2.00 bits per heavy atom. The van der Waals surface area contributed by atoms with Gasteiger partial charge in [0.25, 0.3) is 0 Å². The first-order valence-electron chi connectivity index (χ1n) is 9.67. The molecule has 146 valence electrons. The fraction of sp³-hybridized carbons (Fsp3) is 0.524. The zero-order chi connectivity index (χ0) is 19.2. The molecule has 0 saturated heterocycles. The summed E-state index contributed by atoms with van der Waals surface area (Å²) in [4.78, 5) is 21.8. The molecule has 0 unspecified atom stereocenters. The van der Waals surface area contributed by atoms with Crippen LogP contribution in [0.5, 0.6) is 0 Å². The lowest BCUT2D eigenvalue weighted by Crippen LogP contribution is -2.45. The first-order chi connectivity index (χ1) is 13.0. The summed E-state index contributed by atoms with van der Waals surface area (Å²) < 4.78 is 13.4. The van der Waals surface area contributed by atoms with Crippen molar-refractivity contribution in [3.05, 3.63) is 41.2 Å². The fourth-order valence-electron chi connectivity index (χ4n) is 3.61. The molecule has 0 N–H and O–H groups in total. The number of carbonyl (C=O) groups is 1. The lowest BCUT2D eigenvalue weighted by atomic mass is 9.94. The van der Waals surface area contributed by atoms with Gasteiger partial charge in [0.15, 0.2) is 0 Å². The van der Waals surface area contributed by atoms with Gasteiger partial charge in [0.05, 0.1) is 12.1 Å². The van der Waals surface area contributed by atoms with E-state index in [0.29, 0.717) is 12.5 Å². The molecule has 1 heterocycles. The van der Waals surface area contributed by atoms with Crippen LogP contribution in [0.15, 0.2) is 29.6 Å². The number of hydrogen-bond donors (Lipinski definition) is 0. The van der Waals surface area contributed by atoms with Crippen LogP contribution < -0.4 is 0 Å². The number of amides is 1. The number of nitrogens with zero attached hydrogens (tertiary/aromatic N) is 3. The maximum absolute atomic E-state index is 13.4. The van der Waals surface area contributed by atoms with Crippen LogP contribution in [0.2, 0.25) is 0 Å². The third kappa shape index (κ3) is 5.59. The molecule has 3 rings (SSSR count). The van der Waals surface area contributed by atoms with Gasteiger partial charge in [-0.05, 0) is 39.1 Å². The topological polar surface area (TPSA) is 36.4 Å². The van der Waals surface area contributed by atoms with Crippen molar-refractivity contribution in [3.63, 3.8) is 0 Å². The van der Waals surface area contributed by atoms with Gasteiger partial charge >= 0.3 is 0 Å². The van der Waals surface area contributed by atoms with Crippen LogP contribution in [0.3, 0.4) is 0 Å².